The van der Waals surface area contributed by atoms with E-state index in [-0.39, 0.29) is 0 Å². The highest BCUT2D eigenvalue weighted by atomic mass is 16.4. The minimum Gasteiger partial charge on any atom is -0.372 e. The average Bonchev–Trinajstić information content (AvgIpc) is 2.28. The molecule has 82 valence electrons. The molecule has 16 heavy (non-hydrogen) atoms. The number of isocyanates is 2. The van der Waals surface area contributed by atoms with Gasteiger partial charge in [-0.2, -0.15) is 0 Å². The number of aromatic nitrogens is 2. The van der Waals surface area contributed by atoms with Gasteiger partial charge in [-0.1, -0.05) is 15.3 Å². The Bertz CT molecular complexity index is 678. The molecule has 0 atom stereocenters. The average molecular weight is 225 g/mol. The smallest absolute Gasteiger partial charge is 0.372 e. The van der Waals surface area contributed by atoms with Crippen LogP contribution in [-0.2, 0) is 16.6 Å². The second-order valence-corrected chi connectivity index (χ2v) is 2.29. The Hall–Kier alpha value is -2.83. The fraction of sp³-hybridized carbons (Fsp3) is 0.167. The quantitative estimate of drug-likeness (QED) is 0.309. The second kappa shape index (κ2) is 4.60. The third-order valence-electron chi connectivity index (χ3n) is 1.42. The van der Waals surface area contributed by atoms with Crippen LogP contribution in [0.15, 0.2) is 29.3 Å². The van der Waals surface area contributed by atoms with Crippen LogP contribution in [0.3, 0.4) is 0 Å². The van der Waals surface area contributed by atoms with E-state index in [9.17, 15) is 19.2 Å². The summed E-state index contributed by atoms with van der Waals surface area (Å²) < 4.78 is 5.28. The monoisotopic (exact) mass is 225 g/mol. The molecule has 0 radical (unpaired) electrons. The summed E-state index contributed by atoms with van der Waals surface area (Å²) in [6.07, 6.45) is 2.07. The maximum absolute atomic E-state index is 11.4. The van der Waals surface area contributed by atoms with Gasteiger partial charge in [0.25, 0.3) is 12.2 Å². The Morgan fingerprint density at radius 3 is 2.50 bits per heavy atom. The maximum Gasteiger partial charge on any atom is 0.425 e. The first kappa shape index (κ1) is 11.2. The van der Waals surface area contributed by atoms with Gasteiger partial charge in [0, 0.05) is 7.05 Å². The second-order valence-electron chi connectivity index (χ2n) is 2.29. The van der Waals surface area contributed by atoms with Crippen molar-refractivity contribution in [3.8, 4) is 0 Å². The lowest BCUT2D eigenvalue weighted by Gasteiger charge is -1.96. The number of nitrogens with zero attached hydrogens (tertiary/aromatic N) is 5. The first-order valence-electron chi connectivity index (χ1n) is 3.64. The van der Waals surface area contributed by atoms with Crippen LogP contribution in [0.5, 0.6) is 0 Å². The minimum absolute atomic E-state index is 0.315. The lowest BCUT2D eigenvalue weighted by Crippen LogP contribution is -2.43. The van der Waals surface area contributed by atoms with E-state index in [0.29, 0.717) is 9.24 Å². The predicted octanol–water partition coefficient (Wildman–Crippen LogP) is -2.61. The summed E-state index contributed by atoms with van der Waals surface area (Å²) in [6.45, 7) is 0. The number of hydrogen-bond acceptors (Lipinski definition) is 8. The summed E-state index contributed by atoms with van der Waals surface area (Å²) in [4.78, 5) is 42.2. The molecule has 0 aromatic carbocycles. The topological polar surface area (TPSA) is 128 Å². The Morgan fingerprint density at radius 1 is 1.25 bits per heavy atom. The van der Waals surface area contributed by atoms with Gasteiger partial charge in [0.1, 0.15) is 0 Å². The van der Waals surface area contributed by atoms with Gasteiger partial charge < -0.3 is 4.42 Å². The van der Waals surface area contributed by atoms with E-state index in [1.807, 2.05) is 0 Å². The minimum atomic E-state index is -1.05. The molecule has 0 saturated carbocycles. The van der Waals surface area contributed by atoms with Crippen molar-refractivity contribution in [1.82, 2.24) is 9.24 Å². The van der Waals surface area contributed by atoms with Crippen LogP contribution in [-0.4, -0.2) is 21.4 Å². The van der Waals surface area contributed by atoms with Gasteiger partial charge in [-0.3, -0.25) is 0 Å². The van der Waals surface area contributed by atoms with Gasteiger partial charge in [0.05, 0.1) is 0 Å². The van der Waals surface area contributed by atoms with Crippen LogP contribution in [0.4, 0.5) is 0 Å². The molecule has 0 fully saturated rings. The first-order valence-corrected chi connectivity index (χ1v) is 3.64. The summed E-state index contributed by atoms with van der Waals surface area (Å²) in [5.41, 5.74) is -1.74. The highest BCUT2D eigenvalue weighted by Gasteiger charge is 2.06. The molecule has 0 unspecified atom stereocenters. The van der Waals surface area contributed by atoms with E-state index in [1.54, 1.807) is 0 Å². The molecule has 1 aromatic rings. The van der Waals surface area contributed by atoms with Gasteiger partial charge in [0.2, 0.25) is 0 Å². The molecule has 0 saturated heterocycles. The molecule has 1 aromatic heterocycles. The van der Waals surface area contributed by atoms with Gasteiger partial charge in [-0.05, 0) is 0 Å². The van der Waals surface area contributed by atoms with E-state index in [2.05, 4.69) is 19.7 Å². The SMILES string of the molecule is Cn1c(=O)o/c(=N/N=C=O)n(N=C=O)c1=O. The van der Waals surface area contributed by atoms with Crippen LogP contribution in [0.2, 0.25) is 0 Å². The van der Waals surface area contributed by atoms with Crippen molar-refractivity contribution in [2.45, 2.75) is 0 Å². The normalized spacial score (nSPS) is 10.4. The summed E-state index contributed by atoms with van der Waals surface area (Å²) >= 11 is 0. The van der Waals surface area contributed by atoms with Crippen molar-refractivity contribution < 1.29 is 14.0 Å². The molecule has 10 nitrogen and oxygen atoms in total. The summed E-state index contributed by atoms with van der Waals surface area (Å²) in [5, 5.41) is 8.67. The Labute approximate surface area is 85.5 Å². The standard InChI is InChI=1S/C6H3N5O5/c1-10-5(14)11(8-3-13)4(9-7-2-12)16-6(10)15/h1H3/b9-4+. The summed E-state index contributed by atoms with van der Waals surface area (Å²) in [7, 11) is 1.10. The van der Waals surface area contributed by atoms with E-state index in [1.165, 1.54) is 0 Å². The molecular weight excluding hydrogens is 222 g/mol. The molecule has 0 spiro atoms. The lowest BCUT2D eigenvalue weighted by atomic mass is 10.9. The molecule has 10 heteroatoms. The fourth-order valence-electron chi connectivity index (χ4n) is 0.744. The zero-order valence-corrected chi connectivity index (χ0v) is 7.78. The van der Waals surface area contributed by atoms with Crippen LogP contribution < -0.4 is 17.1 Å². The van der Waals surface area contributed by atoms with Crippen LogP contribution >= 0.6 is 0 Å². The largest absolute Gasteiger partial charge is 0.425 e. The highest BCUT2D eigenvalue weighted by Crippen LogP contribution is 1.68. The molecule has 0 N–H and O–H groups in total. The zero-order valence-electron chi connectivity index (χ0n) is 7.78. The Kier molecular flexibility index (Phi) is 3.23. The number of rotatable bonds is 2. The summed E-state index contributed by atoms with van der Waals surface area (Å²) in [5.74, 6) is -1.05. The van der Waals surface area contributed by atoms with Gasteiger partial charge >= 0.3 is 17.1 Å². The fourth-order valence-corrected chi connectivity index (χ4v) is 0.744. The third-order valence-corrected chi connectivity index (χ3v) is 1.42. The van der Waals surface area contributed by atoms with Crippen molar-refractivity contribution in [2.75, 3.05) is 0 Å². The number of hydrogen-bond donors (Lipinski definition) is 0. The molecule has 1 rings (SSSR count). The van der Waals surface area contributed by atoms with Crippen molar-refractivity contribution in [2.24, 2.45) is 22.4 Å². The molecule has 0 aliphatic rings. The van der Waals surface area contributed by atoms with E-state index in [0.717, 1.165) is 19.2 Å². The maximum atomic E-state index is 11.4. The van der Waals surface area contributed by atoms with Gasteiger partial charge in [-0.25, -0.2) is 23.7 Å². The van der Waals surface area contributed by atoms with E-state index >= 15 is 0 Å². The lowest BCUT2D eigenvalue weighted by molar-refractivity contribution is 0.333. The molecule has 0 aliphatic heterocycles. The van der Waals surface area contributed by atoms with E-state index < -0.39 is 17.1 Å². The van der Waals surface area contributed by atoms with Crippen molar-refractivity contribution in [3.05, 3.63) is 26.7 Å². The van der Waals surface area contributed by atoms with Crippen molar-refractivity contribution >= 4 is 12.2 Å². The first-order chi connectivity index (χ1) is 7.61. The van der Waals surface area contributed by atoms with Crippen LogP contribution in [0.1, 0.15) is 0 Å². The molecule has 1 heterocycles. The van der Waals surface area contributed by atoms with Gasteiger partial charge in [0.15, 0.2) is 0 Å². The van der Waals surface area contributed by atoms with Crippen molar-refractivity contribution in [3.63, 3.8) is 0 Å². The van der Waals surface area contributed by atoms with Crippen molar-refractivity contribution in [1.29, 1.82) is 0 Å². The predicted molar refractivity (Wildman–Crippen MR) is 45.4 cm³/mol. The molecule has 0 aliphatic carbocycles. The van der Waals surface area contributed by atoms with E-state index in [4.69, 9.17) is 0 Å². The van der Waals surface area contributed by atoms with Gasteiger partial charge in [-0.15, -0.1) is 4.68 Å². The molecular formula is C6H3N5O5. The van der Waals surface area contributed by atoms with Crippen LogP contribution in [0, 0.1) is 0 Å². The van der Waals surface area contributed by atoms with Crippen LogP contribution in [0.25, 0.3) is 0 Å². The summed E-state index contributed by atoms with van der Waals surface area (Å²) in [6, 6.07) is 0. The number of carbonyl (C=O) groups excluding carboxylic acids is 2. The molecule has 0 bridgehead atoms. The molecule has 0 amide bonds. The Balaban J connectivity index is 3.88. The Morgan fingerprint density at radius 2 is 1.94 bits per heavy atom. The zero-order chi connectivity index (χ0) is 12.1. The third kappa shape index (κ3) is 1.98. The highest BCUT2D eigenvalue weighted by molar-refractivity contribution is 5.32.